The first-order valence-electron chi connectivity index (χ1n) is 15.7. The van der Waals surface area contributed by atoms with E-state index < -0.39 is 5.97 Å². The molecule has 7 nitrogen and oxygen atoms in total. The second-order valence-corrected chi connectivity index (χ2v) is 10.6. The Morgan fingerprint density at radius 2 is 1.45 bits per heavy atom. The summed E-state index contributed by atoms with van der Waals surface area (Å²) in [5, 5.41) is 0.762. The summed E-state index contributed by atoms with van der Waals surface area (Å²) in [6.07, 6.45) is 11.1. The number of hydrogen-bond acceptors (Lipinski definition) is 6. The van der Waals surface area contributed by atoms with Crippen LogP contribution in [0.25, 0.3) is 10.9 Å². The molecule has 3 aromatic rings. The van der Waals surface area contributed by atoms with E-state index in [1.54, 1.807) is 13.8 Å². The maximum Gasteiger partial charge on any atom is 0.355 e. The van der Waals surface area contributed by atoms with Gasteiger partial charge in [-0.1, -0.05) is 88.6 Å². The number of hydrogen-bond donors (Lipinski definition) is 0. The van der Waals surface area contributed by atoms with Gasteiger partial charge in [-0.15, -0.1) is 0 Å². The van der Waals surface area contributed by atoms with Gasteiger partial charge in [-0.25, -0.2) is 4.79 Å². The minimum absolute atomic E-state index is 0.0245. The first-order chi connectivity index (χ1) is 20.5. The van der Waals surface area contributed by atoms with Gasteiger partial charge in [0.15, 0.2) is 5.78 Å². The van der Waals surface area contributed by atoms with E-state index in [1.807, 2.05) is 53.1 Å². The smallest absolute Gasteiger partial charge is 0.355 e. The molecule has 0 amide bonds. The molecule has 0 aliphatic heterocycles. The number of ether oxygens (including phenoxy) is 3. The van der Waals surface area contributed by atoms with Gasteiger partial charge in [0.05, 0.1) is 31.7 Å². The molecule has 0 aliphatic rings. The molecule has 0 atom stereocenters. The first-order valence-corrected chi connectivity index (χ1v) is 15.7. The fourth-order valence-corrected chi connectivity index (χ4v) is 5.33. The zero-order valence-electron chi connectivity index (χ0n) is 25.6. The summed E-state index contributed by atoms with van der Waals surface area (Å²) in [4.78, 5) is 38.7. The predicted molar refractivity (Wildman–Crippen MR) is 166 cm³/mol. The van der Waals surface area contributed by atoms with E-state index in [9.17, 15) is 14.4 Å². The molecule has 42 heavy (non-hydrogen) atoms. The Bertz CT molecular complexity index is 1290. The molecule has 0 N–H and O–H groups in total. The fraction of sp³-hybridized carbons (Fsp3) is 0.514. The minimum atomic E-state index is -0.499. The van der Waals surface area contributed by atoms with Crippen molar-refractivity contribution in [1.82, 2.24) is 4.57 Å². The maximum absolute atomic E-state index is 13.6. The Labute approximate surface area is 250 Å². The van der Waals surface area contributed by atoms with E-state index in [0.29, 0.717) is 36.6 Å². The van der Waals surface area contributed by atoms with Crippen LogP contribution in [-0.4, -0.2) is 42.1 Å². The highest BCUT2D eigenvalue weighted by molar-refractivity contribution is 6.15. The van der Waals surface area contributed by atoms with Gasteiger partial charge in [0, 0.05) is 17.3 Å². The van der Waals surface area contributed by atoms with Gasteiger partial charge in [-0.2, -0.15) is 0 Å². The Kier molecular flexibility index (Phi) is 14.1. The molecule has 2 aromatic carbocycles. The molecule has 0 fully saturated rings. The van der Waals surface area contributed by atoms with Gasteiger partial charge >= 0.3 is 11.9 Å². The third-order valence-corrected chi connectivity index (χ3v) is 7.36. The Hall–Kier alpha value is -3.61. The fourth-order valence-electron chi connectivity index (χ4n) is 5.33. The lowest BCUT2D eigenvalue weighted by molar-refractivity contribution is -0.142. The SMILES string of the molecule is CCCCCCCCCCCC(=O)c1c(C(=O)OCC)n(CCOc2cccc(CC(=O)OCC)c2)c2ccccc12. The highest BCUT2D eigenvalue weighted by Crippen LogP contribution is 2.29. The van der Waals surface area contributed by atoms with Crippen LogP contribution in [0, 0.1) is 0 Å². The van der Waals surface area contributed by atoms with Crippen molar-refractivity contribution in [3.8, 4) is 5.75 Å². The molecule has 0 radical (unpaired) electrons. The number of fused-ring (bicyclic) bond motifs is 1. The molecule has 3 rings (SSSR count). The quantitative estimate of drug-likeness (QED) is 0.0766. The maximum atomic E-state index is 13.6. The van der Waals surface area contributed by atoms with Crippen molar-refractivity contribution in [1.29, 1.82) is 0 Å². The van der Waals surface area contributed by atoms with Crippen molar-refractivity contribution in [2.24, 2.45) is 0 Å². The number of aromatic nitrogens is 1. The molecule has 0 unspecified atom stereocenters. The molecular formula is C35H47NO6. The van der Waals surface area contributed by atoms with Crippen molar-refractivity contribution >= 4 is 28.6 Å². The van der Waals surface area contributed by atoms with Crippen LogP contribution >= 0.6 is 0 Å². The van der Waals surface area contributed by atoms with Crippen molar-refractivity contribution in [2.75, 3.05) is 19.8 Å². The second-order valence-electron chi connectivity index (χ2n) is 10.6. The van der Waals surface area contributed by atoms with E-state index in [2.05, 4.69) is 6.92 Å². The largest absolute Gasteiger partial charge is 0.492 e. The Balaban J connectivity index is 1.71. The topological polar surface area (TPSA) is 83.8 Å². The number of carbonyl (C=O) groups excluding carboxylic acids is 3. The number of unbranched alkanes of at least 4 members (excludes halogenated alkanes) is 8. The number of nitrogens with zero attached hydrogens (tertiary/aromatic N) is 1. The molecule has 0 saturated carbocycles. The van der Waals surface area contributed by atoms with Gasteiger partial charge < -0.3 is 18.8 Å². The van der Waals surface area contributed by atoms with Crippen molar-refractivity contribution in [3.63, 3.8) is 0 Å². The van der Waals surface area contributed by atoms with Crippen molar-refractivity contribution in [2.45, 2.75) is 97.9 Å². The number of benzene rings is 2. The van der Waals surface area contributed by atoms with Crippen LogP contribution in [0.2, 0.25) is 0 Å². The number of carbonyl (C=O) groups is 3. The summed E-state index contributed by atoms with van der Waals surface area (Å²) in [6, 6.07) is 15.0. The molecule has 7 heteroatoms. The zero-order valence-corrected chi connectivity index (χ0v) is 25.6. The predicted octanol–water partition coefficient (Wildman–Crippen LogP) is 8.11. The molecule has 228 valence electrons. The average Bonchev–Trinajstić information content (AvgIpc) is 3.31. The van der Waals surface area contributed by atoms with Crippen LogP contribution < -0.4 is 4.74 Å². The number of rotatable bonds is 20. The van der Waals surface area contributed by atoms with Crippen LogP contribution in [0.1, 0.15) is 111 Å². The van der Waals surface area contributed by atoms with Gasteiger partial charge in [0.25, 0.3) is 0 Å². The van der Waals surface area contributed by atoms with E-state index >= 15 is 0 Å². The number of para-hydroxylation sites is 1. The zero-order chi connectivity index (χ0) is 30.2. The average molecular weight is 578 g/mol. The van der Waals surface area contributed by atoms with E-state index in [1.165, 1.54) is 38.5 Å². The van der Waals surface area contributed by atoms with Crippen molar-refractivity contribution in [3.05, 3.63) is 65.4 Å². The molecule has 0 saturated heterocycles. The molecular weight excluding hydrogens is 530 g/mol. The standard InChI is InChI=1S/C35H47NO6/c1-4-7-8-9-10-11-12-13-14-22-31(37)33-29-20-15-16-21-30(29)36(34(33)35(39)41-6-3)23-24-42-28-19-17-18-27(25-28)26-32(38)40-5-2/h15-21,25H,4-14,22-24,26H2,1-3H3. The van der Waals surface area contributed by atoms with Gasteiger partial charge in [0.2, 0.25) is 0 Å². The summed E-state index contributed by atoms with van der Waals surface area (Å²) in [6.45, 7) is 6.95. The minimum Gasteiger partial charge on any atom is -0.492 e. The van der Waals surface area contributed by atoms with Crippen LogP contribution in [0.3, 0.4) is 0 Å². The van der Waals surface area contributed by atoms with Crippen LogP contribution in [-0.2, 0) is 27.2 Å². The lowest BCUT2D eigenvalue weighted by atomic mass is 10.00. The monoisotopic (exact) mass is 577 g/mol. The van der Waals surface area contributed by atoms with Gasteiger partial charge in [-0.3, -0.25) is 9.59 Å². The summed E-state index contributed by atoms with van der Waals surface area (Å²) in [7, 11) is 0. The lowest BCUT2D eigenvalue weighted by Gasteiger charge is -2.13. The summed E-state index contributed by atoms with van der Waals surface area (Å²) < 4.78 is 18.3. The lowest BCUT2D eigenvalue weighted by Crippen LogP contribution is -2.19. The third-order valence-electron chi connectivity index (χ3n) is 7.36. The van der Waals surface area contributed by atoms with Crippen LogP contribution in [0.5, 0.6) is 5.75 Å². The Morgan fingerprint density at radius 1 is 0.762 bits per heavy atom. The summed E-state index contributed by atoms with van der Waals surface area (Å²) in [5.74, 6) is -0.191. The number of esters is 2. The van der Waals surface area contributed by atoms with E-state index in [0.717, 1.165) is 35.7 Å². The van der Waals surface area contributed by atoms with E-state index in [4.69, 9.17) is 14.2 Å². The molecule has 0 aliphatic carbocycles. The molecule has 0 spiro atoms. The van der Waals surface area contributed by atoms with Crippen molar-refractivity contribution < 1.29 is 28.6 Å². The summed E-state index contributed by atoms with van der Waals surface area (Å²) >= 11 is 0. The molecule has 1 heterocycles. The van der Waals surface area contributed by atoms with Gasteiger partial charge in [-0.05, 0) is 44.0 Å². The highest BCUT2D eigenvalue weighted by atomic mass is 16.5. The van der Waals surface area contributed by atoms with E-state index in [-0.39, 0.29) is 31.4 Å². The normalized spacial score (nSPS) is 11.0. The Morgan fingerprint density at radius 3 is 2.17 bits per heavy atom. The first kappa shape index (κ1) is 32.9. The third kappa shape index (κ3) is 9.74. The number of Topliss-reactive ketones (excluding diaryl/α,β-unsaturated/α-hetero) is 1. The van der Waals surface area contributed by atoms with Crippen LogP contribution in [0.4, 0.5) is 0 Å². The van der Waals surface area contributed by atoms with Gasteiger partial charge in [0.1, 0.15) is 18.1 Å². The number of ketones is 1. The van der Waals surface area contributed by atoms with Crippen LogP contribution in [0.15, 0.2) is 48.5 Å². The second kappa shape index (κ2) is 18.0. The highest BCUT2D eigenvalue weighted by Gasteiger charge is 2.27. The summed E-state index contributed by atoms with van der Waals surface area (Å²) in [5.41, 5.74) is 2.34. The molecule has 1 aromatic heterocycles. The molecule has 0 bridgehead atoms.